The van der Waals surface area contributed by atoms with Crippen LogP contribution in [0.3, 0.4) is 0 Å². The van der Waals surface area contributed by atoms with Crippen LogP contribution >= 0.6 is 0 Å². The predicted octanol–water partition coefficient (Wildman–Crippen LogP) is 3.17. The van der Waals surface area contributed by atoms with Crippen LogP contribution in [0.4, 0.5) is 4.39 Å². The number of hydrogen-bond acceptors (Lipinski definition) is 3. The molecule has 4 heteroatoms. The molecule has 3 aliphatic rings. The fourth-order valence-electron chi connectivity index (χ4n) is 4.95. The van der Waals surface area contributed by atoms with E-state index in [-0.39, 0.29) is 11.9 Å². The van der Waals surface area contributed by atoms with E-state index in [1.54, 1.807) is 12.1 Å². The second kappa shape index (κ2) is 7.11. The molecule has 1 heterocycles. The quantitative estimate of drug-likeness (QED) is 0.892. The summed E-state index contributed by atoms with van der Waals surface area (Å²) >= 11 is 0. The van der Waals surface area contributed by atoms with Gasteiger partial charge in [0.25, 0.3) is 0 Å². The van der Waals surface area contributed by atoms with Crippen molar-refractivity contribution in [2.75, 3.05) is 13.1 Å². The molecule has 0 radical (unpaired) electrons. The van der Waals surface area contributed by atoms with Crippen molar-refractivity contribution in [1.29, 1.82) is 0 Å². The van der Waals surface area contributed by atoms with E-state index >= 15 is 0 Å². The van der Waals surface area contributed by atoms with Crippen molar-refractivity contribution < 1.29 is 9.50 Å². The monoisotopic (exact) mass is 332 g/mol. The molecule has 2 aliphatic carbocycles. The molecule has 0 amide bonds. The number of aliphatic hydroxyl groups excluding tert-OH is 1. The first-order valence-electron chi connectivity index (χ1n) is 9.67. The topological polar surface area (TPSA) is 35.5 Å². The Bertz CT molecular complexity index is 571. The highest BCUT2D eigenvalue weighted by Gasteiger charge is 2.32. The summed E-state index contributed by atoms with van der Waals surface area (Å²) in [6.45, 7) is 2.14. The molecule has 1 aliphatic heterocycles. The molecule has 0 spiro atoms. The first kappa shape index (κ1) is 16.5. The van der Waals surface area contributed by atoms with Gasteiger partial charge in [-0.05, 0) is 61.8 Å². The summed E-state index contributed by atoms with van der Waals surface area (Å²) in [5, 5.41) is 14.0. The lowest BCUT2D eigenvalue weighted by molar-refractivity contribution is 0.00660. The van der Waals surface area contributed by atoms with Crippen LogP contribution in [0.1, 0.15) is 62.1 Å². The highest BCUT2D eigenvalue weighted by molar-refractivity contribution is 5.35. The van der Waals surface area contributed by atoms with Crippen LogP contribution < -0.4 is 5.32 Å². The first-order chi connectivity index (χ1) is 11.7. The molecule has 3 atom stereocenters. The van der Waals surface area contributed by atoms with Gasteiger partial charge in [0.1, 0.15) is 5.82 Å². The van der Waals surface area contributed by atoms with Crippen molar-refractivity contribution in [3.05, 3.63) is 35.1 Å². The minimum absolute atomic E-state index is 0.122. The van der Waals surface area contributed by atoms with Gasteiger partial charge < -0.3 is 10.4 Å². The van der Waals surface area contributed by atoms with E-state index in [9.17, 15) is 9.50 Å². The smallest absolute Gasteiger partial charge is 0.123 e. The molecule has 3 nitrogen and oxygen atoms in total. The van der Waals surface area contributed by atoms with Crippen LogP contribution in [0, 0.1) is 5.82 Å². The van der Waals surface area contributed by atoms with Gasteiger partial charge >= 0.3 is 0 Å². The molecular formula is C20H29FN2O. The van der Waals surface area contributed by atoms with Gasteiger partial charge in [-0.25, -0.2) is 4.39 Å². The highest BCUT2D eigenvalue weighted by Crippen LogP contribution is 2.33. The van der Waals surface area contributed by atoms with Crippen LogP contribution in [-0.2, 0) is 6.42 Å². The van der Waals surface area contributed by atoms with Crippen LogP contribution in [-0.4, -0.2) is 41.3 Å². The molecule has 2 fully saturated rings. The number of hydrogen-bond donors (Lipinski definition) is 2. The van der Waals surface area contributed by atoms with Crippen molar-refractivity contribution in [2.45, 2.75) is 75.6 Å². The van der Waals surface area contributed by atoms with Gasteiger partial charge in [0.05, 0.1) is 6.10 Å². The molecule has 3 unspecified atom stereocenters. The lowest BCUT2D eigenvalue weighted by Gasteiger charge is -2.42. The Morgan fingerprint density at radius 1 is 1.04 bits per heavy atom. The Balaban J connectivity index is 1.32. The zero-order valence-electron chi connectivity index (χ0n) is 14.4. The van der Waals surface area contributed by atoms with E-state index in [0.29, 0.717) is 18.1 Å². The molecule has 1 saturated carbocycles. The number of nitrogens with one attached hydrogen (secondary N) is 1. The molecule has 1 aromatic carbocycles. The van der Waals surface area contributed by atoms with Crippen LogP contribution in [0.5, 0.6) is 0 Å². The fraction of sp³-hybridized carbons (Fsp3) is 0.700. The van der Waals surface area contributed by atoms with Gasteiger partial charge in [-0.2, -0.15) is 0 Å². The van der Waals surface area contributed by atoms with E-state index in [1.165, 1.54) is 24.0 Å². The van der Waals surface area contributed by atoms with Crippen LogP contribution in [0.15, 0.2) is 18.2 Å². The normalized spacial score (nSPS) is 32.0. The second-order valence-corrected chi connectivity index (χ2v) is 7.83. The maximum absolute atomic E-state index is 13.5. The summed E-state index contributed by atoms with van der Waals surface area (Å²) in [5.74, 6) is -0.122. The third-order valence-corrected chi connectivity index (χ3v) is 6.32. The van der Waals surface area contributed by atoms with E-state index < -0.39 is 0 Å². The lowest BCUT2D eigenvalue weighted by atomic mass is 9.89. The SMILES string of the molecule is OC1CCCCC1N1CCC(NC2CCc3ccc(F)cc32)CC1. The summed E-state index contributed by atoms with van der Waals surface area (Å²) in [6.07, 6.45) is 8.81. The number of benzene rings is 1. The standard InChI is InChI=1S/C20H29FN2O/c21-15-7-5-14-6-8-18(17(14)13-15)22-16-9-11-23(12-10-16)19-3-1-2-4-20(19)24/h5,7,13,16,18-20,22,24H,1-4,6,8-12H2. The average Bonchev–Trinajstić information content (AvgIpc) is 2.98. The predicted molar refractivity (Wildman–Crippen MR) is 93.5 cm³/mol. The van der Waals surface area contributed by atoms with Gasteiger partial charge in [-0.3, -0.25) is 4.90 Å². The van der Waals surface area contributed by atoms with Crippen molar-refractivity contribution in [2.24, 2.45) is 0 Å². The number of fused-ring (bicyclic) bond motifs is 1. The number of piperidine rings is 1. The maximum atomic E-state index is 13.5. The van der Waals surface area contributed by atoms with E-state index in [2.05, 4.69) is 10.2 Å². The number of halogens is 1. The maximum Gasteiger partial charge on any atom is 0.123 e. The lowest BCUT2D eigenvalue weighted by Crippen LogP contribution is -2.51. The van der Waals surface area contributed by atoms with Gasteiger partial charge in [0.15, 0.2) is 0 Å². The molecule has 24 heavy (non-hydrogen) atoms. The Kier molecular flexibility index (Phi) is 4.88. The summed E-state index contributed by atoms with van der Waals surface area (Å²) < 4.78 is 13.5. The molecule has 1 saturated heterocycles. The second-order valence-electron chi connectivity index (χ2n) is 7.83. The number of nitrogens with zero attached hydrogens (tertiary/aromatic N) is 1. The van der Waals surface area contributed by atoms with Crippen molar-refractivity contribution >= 4 is 0 Å². The van der Waals surface area contributed by atoms with Crippen molar-refractivity contribution in [3.8, 4) is 0 Å². The third kappa shape index (κ3) is 3.37. The zero-order chi connectivity index (χ0) is 16.5. The van der Waals surface area contributed by atoms with Crippen LogP contribution in [0.2, 0.25) is 0 Å². The molecular weight excluding hydrogens is 303 g/mol. The summed E-state index contributed by atoms with van der Waals surface area (Å²) in [6, 6.07) is 6.44. The fourth-order valence-corrected chi connectivity index (χ4v) is 4.95. The number of aryl methyl sites for hydroxylation is 1. The van der Waals surface area contributed by atoms with Gasteiger partial charge in [-0.1, -0.05) is 18.9 Å². The third-order valence-electron chi connectivity index (χ3n) is 6.32. The molecule has 0 bridgehead atoms. The summed E-state index contributed by atoms with van der Waals surface area (Å²) in [7, 11) is 0. The minimum atomic E-state index is -0.132. The molecule has 0 aromatic heterocycles. The summed E-state index contributed by atoms with van der Waals surface area (Å²) in [4.78, 5) is 2.50. The Morgan fingerprint density at radius 2 is 1.83 bits per heavy atom. The number of likely N-dealkylation sites (tertiary alicyclic amines) is 1. The molecule has 2 N–H and O–H groups in total. The largest absolute Gasteiger partial charge is 0.391 e. The molecule has 4 rings (SSSR count). The van der Waals surface area contributed by atoms with Gasteiger partial charge in [0.2, 0.25) is 0 Å². The Hall–Kier alpha value is -0.970. The molecule has 132 valence electrons. The van der Waals surface area contributed by atoms with Crippen molar-refractivity contribution in [3.63, 3.8) is 0 Å². The van der Waals surface area contributed by atoms with Crippen molar-refractivity contribution in [1.82, 2.24) is 10.2 Å². The number of aliphatic hydroxyl groups is 1. The summed E-state index contributed by atoms with van der Waals surface area (Å²) in [5.41, 5.74) is 2.47. The first-order valence-corrected chi connectivity index (χ1v) is 9.67. The Morgan fingerprint density at radius 3 is 2.62 bits per heavy atom. The molecule has 1 aromatic rings. The van der Waals surface area contributed by atoms with Gasteiger partial charge in [0, 0.05) is 31.2 Å². The average molecular weight is 332 g/mol. The minimum Gasteiger partial charge on any atom is -0.391 e. The highest BCUT2D eigenvalue weighted by atomic mass is 19.1. The van der Waals surface area contributed by atoms with E-state index in [0.717, 1.165) is 51.6 Å². The van der Waals surface area contributed by atoms with Gasteiger partial charge in [-0.15, -0.1) is 0 Å². The van der Waals surface area contributed by atoms with Crippen LogP contribution in [0.25, 0.3) is 0 Å². The zero-order valence-corrected chi connectivity index (χ0v) is 14.4. The number of rotatable bonds is 3. The van der Waals surface area contributed by atoms with E-state index in [1.807, 2.05) is 6.07 Å². The van der Waals surface area contributed by atoms with E-state index in [4.69, 9.17) is 0 Å². The Labute approximate surface area is 144 Å².